The number of aryl methyl sites for hydroxylation is 4. The average Bonchev–Trinajstić information content (AvgIpc) is 2.55. The zero-order valence-corrected chi connectivity index (χ0v) is 14.7. The first-order valence-corrected chi connectivity index (χ1v) is 7.91. The summed E-state index contributed by atoms with van der Waals surface area (Å²) in [7, 11) is 1.71. The molecular weight excluding hydrogens is 316 g/mol. The molecule has 0 bridgehead atoms. The fourth-order valence-corrected chi connectivity index (χ4v) is 2.57. The lowest BCUT2D eigenvalue weighted by Crippen LogP contribution is -2.18. The van der Waals surface area contributed by atoms with Crippen molar-refractivity contribution in [1.82, 2.24) is 14.5 Å². The molecule has 1 aromatic carbocycles. The third-order valence-corrected chi connectivity index (χ3v) is 3.93. The van der Waals surface area contributed by atoms with Crippen molar-refractivity contribution in [2.24, 2.45) is 7.05 Å². The highest BCUT2D eigenvalue weighted by atomic mass is 16.5. The van der Waals surface area contributed by atoms with E-state index in [1.54, 1.807) is 32.3 Å². The molecule has 3 rings (SSSR count). The van der Waals surface area contributed by atoms with Gasteiger partial charge < -0.3 is 15.0 Å². The van der Waals surface area contributed by atoms with E-state index in [-0.39, 0.29) is 11.6 Å². The zero-order chi connectivity index (χ0) is 18.1. The van der Waals surface area contributed by atoms with Crippen molar-refractivity contribution in [3.63, 3.8) is 0 Å². The highest BCUT2D eigenvalue weighted by molar-refractivity contribution is 5.62. The standard InChI is InChI=1S/C19H20N4O2/c1-11-5-6-12(2)16(7-11)25-19-21-15(9-17(20)22-19)14-8-13(3)18(24)23(4)10-14/h5-10H,1-4H3,(H2,20,21,22). The van der Waals surface area contributed by atoms with Gasteiger partial charge in [-0.2, -0.15) is 9.97 Å². The largest absolute Gasteiger partial charge is 0.424 e. The molecule has 0 saturated carbocycles. The summed E-state index contributed by atoms with van der Waals surface area (Å²) in [5.74, 6) is 0.991. The topological polar surface area (TPSA) is 83.0 Å². The van der Waals surface area contributed by atoms with Gasteiger partial charge >= 0.3 is 6.01 Å². The Hall–Kier alpha value is -3.15. The molecule has 0 aliphatic rings. The Morgan fingerprint density at radius 3 is 2.52 bits per heavy atom. The van der Waals surface area contributed by atoms with Gasteiger partial charge in [0.1, 0.15) is 11.6 Å². The van der Waals surface area contributed by atoms with E-state index < -0.39 is 0 Å². The van der Waals surface area contributed by atoms with Crippen LogP contribution in [0.4, 0.5) is 5.82 Å². The molecule has 0 saturated heterocycles. The SMILES string of the molecule is Cc1ccc(C)c(Oc2nc(N)cc(-c3cc(C)c(=O)n(C)c3)n2)c1. The molecule has 0 spiro atoms. The van der Waals surface area contributed by atoms with Crippen LogP contribution >= 0.6 is 0 Å². The second-order valence-electron chi connectivity index (χ2n) is 6.16. The number of nitrogens with zero attached hydrogens (tertiary/aromatic N) is 3. The Morgan fingerprint density at radius 2 is 1.80 bits per heavy atom. The van der Waals surface area contributed by atoms with E-state index in [0.29, 0.717) is 22.8 Å². The van der Waals surface area contributed by atoms with Crippen LogP contribution in [0.15, 0.2) is 41.3 Å². The monoisotopic (exact) mass is 336 g/mol. The molecular formula is C19H20N4O2. The highest BCUT2D eigenvalue weighted by Crippen LogP contribution is 2.27. The van der Waals surface area contributed by atoms with E-state index in [1.165, 1.54) is 4.57 Å². The molecule has 128 valence electrons. The maximum atomic E-state index is 11.9. The Balaban J connectivity index is 2.04. The molecule has 0 radical (unpaired) electrons. The number of nitrogens with two attached hydrogens (primary N) is 1. The predicted octanol–water partition coefficient (Wildman–Crippen LogP) is 3.14. The number of rotatable bonds is 3. The van der Waals surface area contributed by atoms with Crippen LogP contribution in [0.5, 0.6) is 11.8 Å². The van der Waals surface area contributed by atoms with Gasteiger partial charge in [0.2, 0.25) is 0 Å². The molecule has 2 aromatic heterocycles. The van der Waals surface area contributed by atoms with Crippen molar-refractivity contribution in [1.29, 1.82) is 0 Å². The molecule has 0 unspecified atom stereocenters. The first-order chi connectivity index (χ1) is 11.8. The number of aromatic nitrogens is 3. The summed E-state index contributed by atoms with van der Waals surface area (Å²) in [6.45, 7) is 5.72. The summed E-state index contributed by atoms with van der Waals surface area (Å²) < 4.78 is 7.37. The third kappa shape index (κ3) is 3.52. The Morgan fingerprint density at radius 1 is 1.04 bits per heavy atom. The number of hydrogen-bond acceptors (Lipinski definition) is 5. The van der Waals surface area contributed by atoms with E-state index in [0.717, 1.165) is 16.7 Å². The van der Waals surface area contributed by atoms with E-state index in [4.69, 9.17) is 10.5 Å². The maximum Gasteiger partial charge on any atom is 0.324 e. The molecule has 0 fully saturated rings. The molecule has 2 N–H and O–H groups in total. The van der Waals surface area contributed by atoms with Crippen LogP contribution in [0, 0.1) is 20.8 Å². The second kappa shape index (κ2) is 6.39. The summed E-state index contributed by atoms with van der Waals surface area (Å²) in [6, 6.07) is 9.55. The van der Waals surface area contributed by atoms with Crippen molar-refractivity contribution in [3.05, 3.63) is 63.6 Å². The Kier molecular flexibility index (Phi) is 4.27. The van der Waals surface area contributed by atoms with Gasteiger partial charge in [-0.3, -0.25) is 4.79 Å². The van der Waals surface area contributed by atoms with E-state index >= 15 is 0 Å². The second-order valence-corrected chi connectivity index (χ2v) is 6.16. The molecule has 0 amide bonds. The Bertz CT molecular complexity index is 983. The lowest BCUT2D eigenvalue weighted by atomic mass is 10.1. The van der Waals surface area contributed by atoms with Crippen molar-refractivity contribution in [2.75, 3.05) is 5.73 Å². The smallest absolute Gasteiger partial charge is 0.324 e. The summed E-state index contributed by atoms with van der Waals surface area (Å²) in [5, 5.41) is 0. The van der Waals surface area contributed by atoms with Gasteiger partial charge in [0, 0.05) is 30.4 Å². The minimum absolute atomic E-state index is 0.0439. The van der Waals surface area contributed by atoms with E-state index in [2.05, 4.69) is 9.97 Å². The summed E-state index contributed by atoms with van der Waals surface area (Å²) in [5.41, 5.74) is 9.96. The normalized spacial score (nSPS) is 10.7. The van der Waals surface area contributed by atoms with Crippen LogP contribution in [0.2, 0.25) is 0 Å². The quantitative estimate of drug-likeness (QED) is 0.794. The third-order valence-electron chi connectivity index (χ3n) is 3.93. The van der Waals surface area contributed by atoms with E-state index in [1.807, 2.05) is 32.0 Å². The van der Waals surface area contributed by atoms with E-state index in [9.17, 15) is 4.79 Å². The fourth-order valence-electron chi connectivity index (χ4n) is 2.57. The van der Waals surface area contributed by atoms with Gasteiger partial charge in [0.15, 0.2) is 0 Å². The first kappa shape index (κ1) is 16.7. The molecule has 6 nitrogen and oxygen atoms in total. The Labute approximate surface area is 145 Å². The molecule has 0 atom stereocenters. The van der Waals surface area contributed by atoms with Crippen LogP contribution in [-0.4, -0.2) is 14.5 Å². The summed E-state index contributed by atoms with van der Waals surface area (Å²) in [6.07, 6.45) is 1.72. The van der Waals surface area contributed by atoms with Crippen LogP contribution in [0.3, 0.4) is 0 Å². The maximum absolute atomic E-state index is 11.9. The fraction of sp³-hybridized carbons (Fsp3) is 0.211. The van der Waals surface area contributed by atoms with Gasteiger partial charge in [-0.15, -0.1) is 0 Å². The minimum atomic E-state index is -0.0439. The molecule has 3 aromatic rings. The average molecular weight is 336 g/mol. The summed E-state index contributed by atoms with van der Waals surface area (Å²) in [4.78, 5) is 20.5. The molecule has 25 heavy (non-hydrogen) atoms. The van der Waals surface area contributed by atoms with Gasteiger partial charge in [-0.25, -0.2) is 0 Å². The van der Waals surface area contributed by atoms with Gasteiger partial charge in [0.25, 0.3) is 5.56 Å². The van der Waals surface area contributed by atoms with Gasteiger partial charge in [-0.1, -0.05) is 12.1 Å². The van der Waals surface area contributed by atoms with Crippen LogP contribution < -0.4 is 16.0 Å². The van der Waals surface area contributed by atoms with Crippen LogP contribution in [0.1, 0.15) is 16.7 Å². The first-order valence-electron chi connectivity index (χ1n) is 7.91. The minimum Gasteiger partial charge on any atom is -0.424 e. The number of pyridine rings is 1. The number of hydrogen-bond donors (Lipinski definition) is 1. The predicted molar refractivity (Wildman–Crippen MR) is 97.8 cm³/mol. The number of benzene rings is 1. The number of ether oxygens (including phenoxy) is 1. The van der Waals surface area contributed by atoms with Gasteiger partial charge in [-0.05, 0) is 44.0 Å². The van der Waals surface area contributed by atoms with Crippen molar-refractivity contribution >= 4 is 5.82 Å². The van der Waals surface area contributed by atoms with Crippen molar-refractivity contribution in [2.45, 2.75) is 20.8 Å². The van der Waals surface area contributed by atoms with Crippen LogP contribution in [0.25, 0.3) is 11.3 Å². The molecule has 0 aliphatic carbocycles. The lowest BCUT2D eigenvalue weighted by Gasteiger charge is -2.11. The molecule has 2 heterocycles. The summed E-state index contributed by atoms with van der Waals surface area (Å²) >= 11 is 0. The lowest BCUT2D eigenvalue weighted by molar-refractivity contribution is 0.440. The zero-order valence-electron chi connectivity index (χ0n) is 14.7. The number of anilines is 1. The van der Waals surface area contributed by atoms with Gasteiger partial charge in [0.05, 0.1) is 5.69 Å². The van der Waals surface area contributed by atoms with Crippen molar-refractivity contribution in [3.8, 4) is 23.0 Å². The van der Waals surface area contributed by atoms with Crippen LogP contribution in [-0.2, 0) is 7.05 Å². The van der Waals surface area contributed by atoms with Crippen molar-refractivity contribution < 1.29 is 4.74 Å². The molecule has 0 aliphatic heterocycles. The molecule has 6 heteroatoms. The highest BCUT2D eigenvalue weighted by Gasteiger charge is 2.11. The number of nitrogen functional groups attached to an aromatic ring is 1.